The standard InChI is InChI=1S/C16H23N3OS/c1-13(2)11-17-7-9-18(10-8-17)12-19-14-5-3-4-6-15(14)20-16(19)21/h3-6,13H,7-12H2,1-2H3. The summed E-state index contributed by atoms with van der Waals surface area (Å²) in [5.41, 5.74) is 1.97. The summed E-state index contributed by atoms with van der Waals surface area (Å²) in [6.45, 7) is 11.0. The van der Waals surface area contributed by atoms with E-state index >= 15 is 0 Å². The number of para-hydroxylation sites is 2. The molecule has 4 nitrogen and oxygen atoms in total. The third kappa shape index (κ3) is 3.36. The van der Waals surface area contributed by atoms with Crippen LogP contribution in [-0.2, 0) is 6.67 Å². The lowest BCUT2D eigenvalue weighted by molar-refractivity contribution is 0.0993. The summed E-state index contributed by atoms with van der Waals surface area (Å²) in [4.78, 5) is 5.57. The van der Waals surface area contributed by atoms with E-state index in [1.54, 1.807) is 0 Å². The van der Waals surface area contributed by atoms with Crippen LogP contribution in [-0.4, -0.2) is 47.1 Å². The molecule has 5 heteroatoms. The van der Waals surface area contributed by atoms with Crippen molar-refractivity contribution >= 4 is 23.3 Å². The van der Waals surface area contributed by atoms with Crippen molar-refractivity contribution in [3.8, 4) is 0 Å². The van der Waals surface area contributed by atoms with Gasteiger partial charge >= 0.3 is 0 Å². The Morgan fingerprint density at radius 1 is 1.10 bits per heavy atom. The Hall–Kier alpha value is -1.17. The lowest BCUT2D eigenvalue weighted by Crippen LogP contribution is -2.47. The van der Waals surface area contributed by atoms with Gasteiger partial charge in [-0.25, -0.2) is 0 Å². The Balaban J connectivity index is 1.67. The molecular weight excluding hydrogens is 282 g/mol. The first-order chi connectivity index (χ1) is 10.1. The summed E-state index contributed by atoms with van der Waals surface area (Å²) >= 11 is 5.36. The average molecular weight is 305 g/mol. The van der Waals surface area contributed by atoms with Gasteiger partial charge in [-0.3, -0.25) is 9.47 Å². The number of rotatable bonds is 4. The maximum atomic E-state index is 5.66. The minimum absolute atomic E-state index is 0.570. The third-order valence-electron chi connectivity index (χ3n) is 4.00. The predicted octanol–water partition coefficient (Wildman–Crippen LogP) is 3.19. The molecule has 0 spiro atoms. The molecule has 0 atom stereocenters. The molecule has 3 rings (SSSR count). The van der Waals surface area contributed by atoms with Crippen molar-refractivity contribution in [2.75, 3.05) is 32.7 Å². The zero-order chi connectivity index (χ0) is 14.8. The van der Waals surface area contributed by atoms with Gasteiger partial charge in [0.1, 0.15) is 0 Å². The third-order valence-corrected chi connectivity index (χ3v) is 4.31. The van der Waals surface area contributed by atoms with Crippen LogP contribution in [0.5, 0.6) is 0 Å². The molecule has 21 heavy (non-hydrogen) atoms. The quantitative estimate of drug-likeness (QED) is 0.810. The molecule has 0 radical (unpaired) electrons. The number of benzene rings is 1. The van der Waals surface area contributed by atoms with E-state index in [9.17, 15) is 0 Å². The normalized spacial score (nSPS) is 17.9. The van der Waals surface area contributed by atoms with E-state index in [4.69, 9.17) is 16.6 Å². The molecule has 114 valence electrons. The molecule has 0 aliphatic carbocycles. The van der Waals surface area contributed by atoms with Crippen molar-refractivity contribution < 1.29 is 4.42 Å². The second-order valence-corrected chi connectivity index (χ2v) is 6.57. The largest absolute Gasteiger partial charge is 0.429 e. The van der Waals surface area contributed by atoms with E-state index in [2.05, 4.69) is 34.3 Å². The minimum atomic E-state index is 0.570. The molecule has 1 aromatic heterocycles. The van der Waals surface area contributed by atoms with E-state index in [1.807, 2.05) is 18.2 Å². The number of fused-ring (bicyclic) bond motifs is 1. The van der Waals surface area contributed by atoms with Crippen molar-refractivity contribution in [2.45, 2.75) is 20.5 Å². The highest BCUT2D eigenvalue weighted by Crippen LogP contribution is 2.18. The molecule has 0 saturated carbocycles. The molecule has 0 unspecified atom stereocenters. The fraction of sp³-hybridized carbons (Fsp3) is 0.562. The number of piperazine rings is 1. The fourth-order valence-corrected chi connectivity index (χ4v) is 3.22. The first kappa shape index (κ1) is 14.8. The highest BCUT2D eigenvalue weighted by molar-refractivity contribution is 7.71. The molecule has 2 aromatic rings. The van der Waals surface area contributed by atoms with Gasteiger partial charge in [-0.15, -0.1) is 0 Å². The Labute approximate surface area is 130 Å². The molecule has 1 aliphatic heterocycles. The fourth-order valence-electron chi connectivity index (χ4n) is 2.98. The van der Waals surface area contributed by atoms with Gasteiger partial charge in [-0.05, 0) is 30.3 Å². The highest BCUT2D eigenvalue weighted by atomic mass is 32.1. The van der Waals surface area contributed by atoms with Crippen LogP contribution in [0, 0.1) is 10.8 Å². The predicted molar refractivity (Wildman–Crippen MR) is 87.9 cm³/mol. The number of oxazole rings is 1. The van der Waals surface area contributed by atoms with Gasteiger partial charge < -0.3 is 9.32 Å². The number of nitrogens with zero attached hydrogens (tertiary/aromatic N) is 3. The lowest BCUT2D eigenvalue weighted by Gasteiger charge is -2.35. The summed E-state index contributed by atoms with van der Waals surface area (Å²) in [6.07, 6.45) is 0. The maximum absolute atomic E-state index is 5.66. The van der Waals surface area contributed by atoms with Gasteiger partial charge in [-0.2, -0.15) is 0 Å². The lowest BCUT2D eigenvalue weighted by atomic mass is 10.2. The maximum Gasteiger partial charge on any atom is 0.270 e. The van der Waals surface area contributed by atoms with Crippen LogP contribution in [0.25, 0.3) is 11.1 Å². The van der Waals surface area contributed by atoms with Gasteiger partial charge in [0.05, 0.1) is 12.2 Å². The minimum Gasteiger partial charge on any atom is -0.429 e. The van der Waals surface area contributed by atoms with E-state index in [0.717, 1.165) is 49.9 Å². The summed E-state index contributed by atoms with van der Waals surface area (Å²) in [7, 11) is 0. The number of hydrogen-bond donors (Lipinski definition) is 0. The van der Waals surface area contributed by atoms with E-state index in [1.165, 1.54) is 6.54 Å². The Bertz CT molecular complexity index is 653. The topological polar surface area (TPSA) is 24.6 Å². The van der Waals surface area contributed by atoms with Crippen LogP contribution < -0.4 is 0 Å². The van der Waals surface area contributed by atoms with Crippen molar-refractivity contribution in [3.63, 3.8) is 0 Å². The molecular formula is C16H23N3OS. The Morgan fingerprint density at radius 2 is 1.76 bits per heavy atom. The first-order valence-corrected chi connectivity index (χ1v) is 8.07. The zero-order valence-corrected chi connectivity index (χ0v) is 13.6. The van der Waals surface area contributed by atoms with Crippen molar-refractivity contribution in [1.29, 1.82) is 0 Å². The first-order valence-electron chi connectivity index (χ1n) is 7.66. The highest BCUT2D eigenvalue weighted by Gasteiger charge is 2.18. The molecule has 2 heterocycles. The summed E-state index contributed by atoms with van der Waals surface area (Å²) in [6, 6.07) is 8.06. The van der Waals surface area contributed by atoms with Crippen LogP contribution in [0.2, 0.25) is 0 Å². The van der Waals surface area contributed by atoms with Crippen LogP contribution in [0.15, 0.2) is 28.7 Å². The van der Waals surface area contributed by atoms with Gasteiger partial charge in [0.2, 0.25) is 0 Å². The molecule has 0 bridgehead atoms. The van der Waals surface area contributed by atoms with E-state index < -0.39 is 0 Å². The molecule has 0 N–H and O–H groups in total. The SMILES string of the molecule is CC(C)CN1CCN(Cn2c(=S)oc3ccccc32)CC1. The molecule has 1 aliphatic rings. The second-order valence-electron chi connectivity index (χ2n) is 6.22. The smallest absolute Gasteiger partial charge is 0.270 e. The van der Waals surface area contributed by atoms with E-state index in [-0.39, 0.29) is 0 Å². The second kappa shape index (κ2) is 6.30. The van der Waals surface area contributed by atoms with Gasteiger partial charge in [0.25, 0.3) is 4.84 Å². The molecule has 1 aromatic carbocycles. The molecule has 0 amide bonds. The molecule has 1 saturated heterocycles. The zero-order valence-electron chi connectivity index (χ0n) is 12.8. The van der Waals surface area contributed by atoms with Gasteiger partial charge in [0.15, 0.2) is 5.58 Å². The Kier molecular flexibility index (Phi) is 4.42. The van der Waals surface area contributed by atoms with E-state index in [0.29, 0.717) is 4.84 Å². The number of aromatic nitrogens is 1. The average Bonchev–Trinajstić information content (AvgIpc) is 2.77. The summed E-state index contributed by atoms with van der Waals surface area (Å²) in [5, 5.41) is 0. The monoisotopic (exact) mass is 305 g/mol. The summed E-state index contributed by atoms with van der Waals surface area (Å²) < 4.78 is 7.75. The van der Waals surface area contributed by atoms with Crippen LogP contribution in [0.3, 0.4) is 0 Å². The van der Waals surface area contributed by atoms with Crippen LogP contribution >= 0.6 is 12.2 Å². The van der Waals surface area contributed by atoms with Crippen LogP contribution in [0.4, 0.5) is 0 Å². The van der Waals surface area contributed by atoms with Crippen molar-refractivity contribution in [1.82, 2.24) is 14.4 Å². The number of hydrogen-bond acceptors (Lipinski definition) is 4. The van der Waals surface area contributed by atoms with Crippen LogP contribution in [0.1, 0.15) is 13.8 Å². The van der Waals surface area contributed by atoms with Crippen molar-refractivity contribution in [2.24, 2.45) is 5.92 Å². The summed E-state index contributed by atoms with van der Waals surface area (Å²) in [5.74, 6) is 0.739. The van der Waals surface area contributed by atoms with Gasteiger partial charge in [-0.1, -0.05) is 26.0 Å². The Morgan fingerprint density at radius 3 is 2.48 bits per heavy atom. The van der Waals surface area contributed by atoms with Gasteiger partial charge in [0, 0.05) is 32.7 Å². The molecule has 1 fully saturated rings. The van der Waals surface area contributed by atoms with Crippen molar-refractivity contribution in [3.05, 3.63) is 29.1 Å².